The Hall–Kier alpha value is -2.73. The van der Waals surface area contributed by atoms with Gasteiger partial charge in [0.15, 0.2) is 0 Å². The number of imide groups is 1. The quantitative estimate of drug-likeness (QED) is 0.683. The first kappa shape index (κ1) is 20.5. The Morgan fingerprint density at radius 2 is 1.67 bits per heavy atom. The Labute approximate surface area is 178 Å². The van der Waals surface area contributed by atoms with Crippen molar-refractivity contribution in [2.24, 2.45) is 0 Å². The van der Waals surface area contributed by atoms with E-state index in [1.54, 1.807) is 4.90 Å². The van der Waals surface area contributed by atoms with Crippen LogP contribution in [-0.4, -0.2) is 57.3 Å². The molecule has 1 aromatic heterocycles. The van der Waals surface area contributed by atoms with Gasteiger partial charge >= 0.3 is 6.03 Å². The predicted molar refractivity (Wildman–Crippen MR) is 117 cm³/mol. The summed E-state index contributed by atoms with van der Waals surface area (Å²) in [5.74, 6) is -0.124. The van der Waals surface area contributed by atoms with Gasteiger partial charge in [-0.05, 0) is 57.5 Å². The molecule has 2 aliphatic heterocycles. The van der Waals surface area contributed by atoms with Gasteiger partial charge in [-0.15, -0.1) is 0 Å². The van der Waals surface area contributed by atoms with Crippen LogP contribution in [-0.2, 0) is 17.9 Å². The summed E-state index contributed by atoms with van der Waals surface area (Å²) in [6, 6.07) is 14.0. The molecule has 3 heterocycles. The van der Waals surface area contributed by atoms with Crippen molar-refractivity contribution >= 4 is 11.9 Å². The van der Waals surface area contributed by atoms with Crippen molar-refractivity contribution in [3.63, 3.8) is 0 Å². The number of hydrogen-bond donors (Lipinski definition) is 0. The highest BCUT2D eigenvalue weighted by atomic mass is 16.2. The predicted octanol–water partition coefficient (Wildman–Crippen LogP) is 3.91. The van der Waals surface area contributed by atoms with E-state index in [1.807, 2.05) is 44.2 Å². The fourth-order valence-corrected chi connectivity index (χ4v) is 4.27. The smallest absolute Gasteiger partial charge is 0.311 e. The summed E-state index contributed by atoms with van der Waals surface area (Å²) in [7, 11) is 0. The number of likely N-dealkylation sites (tertiary alicyclic amines) is 1. The van der Waals surface area contributed by atoms with Gasteiger partial charge < -0.3 is 4.90 Å². The number of urea groups is 1. The zero-order valence-electron chi connectivity index (χ0n) is 17.9. The maximum Gasteiger partial charge on any atom is 0.327 e. The van der Waals surface area contributed by atoms with Crippen molar-refractivity contribution in [1.82, 2.24) is 19.7 Å². The molecule has 0 unspecified atom stereocenters. The summed E-state index contributed by atoms with van der Waals surface area (Å²) in [5, 5.41) is 0. The number of carbonyl (C=O) groups excluding carboxylic acids is 2. The first-order chi connectivity index (χ1) is 14.5. The van der Waals surface area contributed by atoms with Crippen LogP contribution in [0.1, 0.15) is 44.4 Å². The second-order valence-electron chi connectivity index (χ2n) is 8.54. The maximum absolute atomic E-state index is 12.5. The fraction of sp³-hybridized carbons (Fsp3) is 0.458. The van der Waals surface area contributed by atoms with Crippen LogP contribution in [0.4, 0.5) is 4.79 Å². The molecule has 2 aromatic rings. The minimum Gasteiger partial charge on any atom is -0.311 e. The number of amides is 3. The summed E-state index contributed by atoms with van der Waals surface area (Å²) >= 11 is 0. The van der Waals surface area contributed by atoms with E-state index in [1.165, 1.54) is 24.2 Å². The normalized spacial score (nSPS) is 18.0. The molecule has 2 fully saturated rings. The van der Waals surface area contributed by atoms with Crippen molar-refractivity contribution in [2.45, 2.75) is 52.2 Å². The summed E-state index contributed by atoms with van der Waals surface area (Å²) in [5.41, 5.74) is 4.14. The highest BCUT2D eigenvalue weighted by molar-refractivity contribution is 6.02. The van der Waals surface area contributed by atoms with Crippen molar-refractivity contribution in [3.05, 3.63) is 53.7 Å². The molecule has 0 radical (unpaired) electrons. The van der Waals surface area contributed by atoms with Crippen LogP contribution >= 0.6 is 0 Å². The SMILES string of the molecule is CC(C)N1C(=O)CN(Cc2ccc(-c3cccc(CN4CCCCC4)n3)cc2)C1=O. The van der Waals surface area contributed by atoms with Gasteiger partial charge in [0.1, 0.15) is 6.54 Å². The standard InChI is InChI=1S/C24H30N4O2/c1-18(2)28-23(29)17-27(24(28)30)15-19-9-11-20(12-10-19)22-8-6-7-21(25-22)16-26-13-4-3-5-14-26/h6-12,18H,3-5,13-17H2,1-2H3. The van der Waals surface area contributed by atoms with E-state index in [4.69, 9.17) is 4.98 Å². The average Bonchev–Trinajstić information content (AvgIpc) is 3.02. The number of benzene rings is 1. The molecule has 6 heteroatoms. The molecule has 1 aromatic carbocycles. The molecule has 0 aliphatic carbocycles. The van der Waals surface area contributed by atoms with Gasteiger partial charge in [0.2, 0.25) is 0 Å². The lowest BCUT2D eigenvalue weighted by atomic mass is 10.1. The number of carbonyl (C=O) groups is 2. The van der Waals surface area contributed by atoms with E-state index in [9.17, 15) is 9.59 Å². The lowest BCUT2D eigenvalue weighted by Crippen LogP contribution is -2.37. The molecule has 158 valence electrons. The van der Waals surface area contributed by atoms with Gasteiger partial charge in [0.25, 0.3) is 5.91 Å². The molecule has 2 saturated heterocycles. The number of piperidine rings is 1. The number of nitrogens with zero attached hydrogens (tertiary/aromatic N) is 4. The molecule has 0 bridgehead atoms. The maximum atomic E-state index is 12.5. The fourth-order valence-electron chi connectivity index (χ4n) is 4.27. The Morgan fingerprint density at radius 3 is 2.33 bits per heavy atom. The van der Waals surface area contributed by atoms with Crippen LogP contribution in [0.15, 0.2) is 42.5 Å². The van der Waals surface area contributed by atoms with Gasteiger partial charge in [-0.1, -0.05) is 36.8 Å². The summed E-state index contributed by atoms with van der Waals surface area (Å²) in [6.45, 7) is 7.54. The van der Waals surface area contributed by atoms with Gasteiger partial charge in [-0.3, -0.25) is 19.6 Å². The third-order valence-electron chi connectivity index (χ3n) is 5.85. The third-order valence-corrected chi connectivity index (χ3v) is 5.85. The molecule has 0 N–H and O–H groups in total. The third kappa shape index (κ3) is 4.54. The first-order valence-corrected chi connectivity index (χ1v) is 10.9. The molecule has 6 nitrogen and oxygen atoms in total. The van der Waals surface area contributed by atoms with Crippen LogP contribution < -0.4 is 0 Å². The van der Waals surface area contributed by atoms with Crippen LogP contribution in [0, 0.1) is 0 Å². The number of rotatable bonds is 6. The molecular formula is C24H30N4O2. The van der Waals surface area contributed by atoms with E-state index in [0.29, 0.717) is 6.54 Å². The topological polar surface area (TPSA) is 56.8 Å². The minimum absolute atomic E-state index is 0.110. The lowest BCUT2D eigenvalue weighted by molar-refractivity contribution is -0.126. The zero-order chi connectivity index (χ0) is 21.1. The van der Waals surface area contributed by atoms with E-state index in [2.05, 4.69) is 17.0 Å². The summed E-state index contributed by atoms with van der Waals surface area (Å²) in [4.78, 5) is 34.8. The van der Waals surface area contributed by atoms with Gasteiger partial charge in [-0.2, -0.15) is 0 Å². The van der Waals surface area contributed by atoms with Gasteiger partial charge in [0, 0.05) is 24.7 Å². The number of aromatic nitrogens is 1. The second kappa shape index (κ2) is 8.96. The molecule has 0 saturated carbocycles. The van der Waals surface area contributed by atoms with E-state index < -0.39 is 0 Å². The molecule has 0 spiro atoms. The van der Waals surface area contributed by atoms with Crippen molar-refractivity contribution in [2.75, 3.05) is 19.6 Å². The Kier molecular flexibility index (Phi) is 6.13. The monoisotopic (exact) mass is 406 g/mol. The number of pyridine rings is 1. The van der Waals surface area contributed by atoms with E-state index in [-0.39, 0.29) is 24.5 Å². The van der Waals surface area contributed by atoms with Crippen LogP contribution in [0.3, 0.4) is 0 Å². The largest absolute Gasteiger partial charge is 0.327 e. The first-order valence-electron chi connectivity index (χ1n) is 10.9. The Balaban J connectivity index is 1.42. The van der Waals surface area contributed by atoms with Gasteiger partial charge in [0.05, 0.1) is 11.4 Å². The highest BCUT2D eigenvalue weighted by Gasteiger charge is 2.37. The van der Waals surface area contributed by atoms with Crippen molar-refractivity contribution in [3.8, 4) is 11.3 Å². The van der Waals surface area contributed by atoms with Crippen LogP contribution in [0.2, 0.25) is 0 Å². The molecular weight excluding hydrogens is 376 g/mol. The summed E-state index contributed by atoms with van der Waals surface area (Å²) < 4.78 is 0. The molecule has 30 heavy (non-hydrogen) atoms. The molecule has 3 amide bonds. The van der Waals surface area contributed by atoms with Gasteiger partial charge in [-0.25, -0.2) is 4.79 Å². The van der Waals surface area contributed by atoms with Crippen LogP contribution in [0.25, 0.3) is 11.3 Å². The zero-order valence-corrected chi connectivity index (χ0v) is 17.9. The minimum atomic E-state index is -0.203. The van der Waals surface area contributed by atoms with Crippen LogP contribution in [0.5, 0.6) is 0 Å². The Morgan fingerprint density at radius 1 is 0.933 bits per heavy atom. The number of hydrogen-bond acceptors (Lipinski definition) is 4. The summed E-state index contributed by atoms with van der Waals surface area (Å²) in [6.07, 6.45) is 3.89. The molecule has 0 atom stereocenters. The van der Waals surface area contributed by atoms with E-state index in [0.717, 1.165) is 42.1 Å². The second-order valence-corrected chi connectivity index (χ2v) is 8.54. The molecule has 2 aliphatic rings. The lowest BCUT2D eigenvalue weighted by Gasteiger charge is -2.26. The van der Waals surface area contributed by atoms with Crippen molar-refractivity contribution < 1.29 is 9.59 Å². The Bertz CT molecular complexity index is 904. The van der Waals surface area contributed by atoms with Crippen molar-refractivity contribution in [1.29, 1.82) is 0 Å². The average molecular weight is 407 g/mol. The van der Waals surface area contributed by atoms with E-state index >= 15 is 0 Å². The molecule has 4 rings (SSSR count). The highest BCUT2D eigenvalue weighted by Crippen LogP contribution is 2.22.